The Morgan fingerprint density at radius 3 is 1.65 bits per heavy atom. The van der Waals surface area contributed by atoms with Crippen LogP contribution in [0.4, 0.5) is 0 Å². The van der Waals surface area contributed by atoms with Crippen LogP contribution in [0.5, 0.6) is 0 Å². The van der Waals surface area contributed by atoms with Crippen molar-refractivity contribution in [3.8, 4) is 51.0 Å². The molecule has 0 fully saturated rings. The standard InChI is InChI=1S/C51H30N4OS/c1-3-13-31(14-4-1)49-52-50(32-15-5-2-6-16-32)54-51(53-49)34-23-25-39-44(30-34)56-48-35(33-24-28-46-40(29-33)38-19-9-12-22-45(38)57-46)26-27-43(47(39)48)55-41-20-10-7-17-36(41)37-18-8-11-21-42(37)55/h1-30H. The average molecular weight is 747 g/mol. The predicted octanol–water partition coefficient (Wildman–Crippen LogP) is 13.9. The molecular weight excluding hydrogens is 717 g/mol. The van der Waals surface area contributed by atoms with E-state index in [1.165, 1.54) is 30.9 Å². The lowest BCUT2D eigenvalue weighted by Gasteiger charge is -2.12. The van der Waals surface area contributed by atoms with E-state index >= 15 is 0 Å². The predicted molar refractivity (Wildman–Crippen MR) is 236 cm³/mol. The number of fused-ring (bicyclic) bond motifs is 9. The molecule has 0 unspecified atom stereocenters. The van der Waals surface area contributed by atoms with Gasteiger partial charge in [0.2, 0.25) is 0 Å². The number of thiophene rings is 1. The second-order valence-corrected chi connectivity index (χ2v) is 15.5. The molecule has 8 aromatic carbocycles. The highest BCUT2D eigenvalue weighted by molar-refractivity contribution is 7.25. The minimum Gasteiger partial charge on any atom is -0.455 e. The summed E-state index contributed by atoms with van der Waals surface area (Å²) in [6, 6.07) is 63.8. The van der Waals surface area contributed by atoms with Crippen molar-refractivity contribution in [2.24, 2.45) is 0 Å². The van der Waals surface area contributed by atoms with Crippen LogP contribution in [-0.2, 0) is 0 Å². The fraction of sp³-hybridized carbons (Fsp3) is 0. The van der Waals surface area contributed by atoms with Gasteiger partial charge in [0.05, 0.1) is 22.1 Å². The summed E-state index contributed by atoms with van der Waals surface area (Å²) in [5.41, 5.74) is 9.84. The van der Waals surface area contributed by atoms with E-state index < -0.39 is 0 Å². The van der Waals surface area contributed by atoms with Crippen LogP contribution in [0.15, 0.2) is 186 Å². The van der Waals surface area contributed by atoms with Crippen LogP contribution in [0.25, 0.3) is 115 Å². The van der Waals surface area contributed by atoms with Crippen molar-refractivity contribution in [2.75, 3.05) is 0 Å². The minimum atomic E-state index is 0.586. The lowest BCUT2D eigenvalue weighted by Crippen LogP contribution is -2.00. The molecule has 0 aliphatic heterocycles. The van der Waals surface area contributed by atoms with E-state index in [0.717, 1.165) is 66.5 Å². The highest BCUT2D eigenvalue weighted by Gasteiger charge is 2.22. The molecule has 12 aromatic rings. The zero-order valence-electron chi connectivity index (χ0n) is 30.4. The van der Waals surface area contributed by atoms with E-state index in [-0.39, 0.29) is 0 Å². The topological polar surface area (TPSA) is 56.7 Å². The van der Waals surface area contributed by atoms with Gasteiger partial charge in [-0.15, -0.1) is 11.3 Å². The van der Waals surface area contributed by atoms with E-state index in [2.05, 4.69) is 126 Å². The van der Waals surface area contributed by atoms with Crippen LogP contribution in [0.2, 0.25) is 0 Å². The van der Waals surface area contributed by atoms with Gasteiger partial charge in [0, 0.05) is 58.6 Å². The Bertz CT molecular complexity index is 3420. The Balaban J connectivity index is 1.12. The third kappa shape index (κ3) is 5.04. The highest BCUT2D eigenvalue weighted by atomic mass is 32.1. The zero-order chi connectivity index (χ0) is 37.5. The fourth-order valence-corrected chi connectivity index (χ4v) is 9.51. The fourth-order valence-electron chi connectivity index (χ4n) is 8.43. The van der Waals surface area contributed by atoms with Crippen molar-refractivity contribution in [3.05, 3.63) is 182 Å². The average Bonchev–Trinajstić information content (AvgIpc) is 3.96. The summed E-state index contributed by atoms with van der Waals surface area (Å²) in [4.78, 5) is 15.0. The van der Waals surface area contributed by atoms with Crippen LogP contribution in [0.1, 0.15) is 0 Å². The van der Waals surface area contributed by atoms with Crippen molar-refractivity contribution >= 4 is 75.3 Å². The molecule has 0 saturated carbocycles. The van der Waals surface area contributed by atoms with Crippen LogP contribution < -0.4 is 0 Å². The summed E-state index contributed by atoms with van der Waals surface area (Å²) in [5.74, 6) is 1.83. The number of hydrogen-bond donors (Lipinski definition) is 0. The lowest BCUT2D eigenvalue weighted by molar-refractivity contribution is 0.670. The summed E-state index contributed by atoms with van der Waals surface area (Å²) < 4.78 is 12.0. The molecule has 4 aromatic heterocycles. The molecule has 0 N–H and O–H groups in total. The van der Waals surface area contributed by atoms with E-state index in [9.17, 15) is 0 Å². The Morgan fingerprint density at radius 2 is 0.965 bits per heavy atom. The molecule has 0 spiro atoms. The Hall–Kier alpha value is -7.41. The number of para-hydroxylation sites is 2. The van der Waals surface area contributed by atoms with Gasteiger partial charge in [-0.1, -0.05) is 127 Å². The number of rotatable bonds is 5. The van der Waals surface area contributed by atoms with Gasteiger partial charge in [-0.3, -0.25) is 0 Å². The second-order valence-electron chi connectivity index (χ2n) is 14.4. The molecular formula is C51H30N4OS. The summed E-state index contributed by atoms with van der Waals surface area (Å²) in [7, 11) is 0. The Morgan fingerprint density at radius 1 is 0.404 bits per heavy atom. The maximum absolute atomic E-state index is 7.09. The van der Waals surface area contributed by atoms with E-state index in [0.29, 0.717) is 17.5 Å². The molecule has 0 aliphatic carbocycles. The Kier molecular flexibility index (Phi) is 7.03. The zero-order valence-corrected chi connectivity index (χ0v) is 31.2. The first-order chi connectivity index (χ1) is 28.2. The molecule has 0 aliphatic rings. The first-order valence-electron chi connectivity index (χ1n) is 19.0. The van der Waals surface area contributed by atoms with Gasteiger partial charge < -0.3 is 8.98 Å². The molecule has 57 heavy (non-hydrogen) atoms. The summed E-state index contributed by atoms with van der Waals surface area (Å²) in [6.45, 7) is 0. The van der Waals surface area contributed by atoms with E-state index in [4.69, 9.17) is 19.4 Å². The number of furan rings is 1. The summed E-state index contributed by atoms with van der Waals surface area (Å²) in [6.07, 6.45) is 0. The third-order valence-corrected chi connectivity index (χ3v) is 12.2. The molecule has 6 heteroatoms. The van der Waals surface area contributed by atoms with Gasteiger partial charge in [0.1, 0.15) is 11.2 Å². The monoisotopic (exact) mass is 746 g/mol. The molecule has 266 valence electrons. The SMILES string of the molecule is c1ccc(-c2nc(-c3ccccc3)nc(-c3ccc4c(c3)oc3c(-c5ccc6sc7ccccc7c6c5)ccc(-n5c6ccccc6c6ccccc65)c34)n2)cc1. The quantitative estimate of drug-likeness (QED) is 0.176. The Labute approximate surface area is 330 Å². The molecule has 0 bridgehead atoms. The van der Waals surface area contributed by atoms with Crippen molar-refractivity contribution in [3.63, 3.8) is 0 Å². The molecule has 12 rings (SSSR count). The lowest BCUT2D eigenvalue weighted by atomic mass is 9.99. The maximum Gasteiger partial charge on any atom is 0.164 e. The number of benzene rings is 8. The van der Waals surface area contributed by atoms with Gasteiger partial charge in [0.25, 0.3) is 0 Å². The largest absolute Gasteiger partial charge is 0.455 e. The highest BCUT2D eigenvalue weighted by Crippen LogP contribution is 2.44. The molecule has 5 nitrogen and oxygen atoms in total. The van der Waals surface area contributed by atoms with Gasteiger partial charge in [-0.05, 0) is 60.2 Å². The van der Waals surface area contributed by atoms with Crippen molar-refractivity contribution in [1.82, 2.24) is 19.5 Å². The second kappa shape index (κ2) is 12.6. The van der Waals surface area contributed by atoms with Crippen LogP contribution in [0, 0.1) is 0 Å². The van der Waals surface area contributed by atoms with E-state index in [1.54, 1.807) is 0 Å². The number of nitrogens with zero attached hydrogens (tertiary/aromatic N) is 4. The van der Waals surface area contributed by atoms with Crippen LogP contribution in [-0.4, -0.2) is 19.5 Å². The molecule has 0 atom stereocenters. The first-order valence-corrected chi connectivity index (χ1v) is 19.8. The van der Waals surface area contributed by atoms with Gasteiger partial charge >= 0.3 is 0 Å². The minimum absolute atomic E-state index is 0.586. The number of aromatic nitrogens is 4. The van der Waals surface area contributed by atoms with Gasteiger partial charge in [0.15, 0.2) is 17.5 Å². The maximum atomic E-state index is 7.09. The molecule has 0 saturated heterocycles. The van der Waals surface area contributed by atoms with Crippen molar-refractivity contribution in [1.29, 1.82) is 0 Å². The van der Waals surface area contributed by atoms with E-state index in [1.807, 2.05) is 72.0 Å². The van der Waals surface area contributed by atoms with Gasteiger partial charge in [-0.2, -0.15) is 0 Å². The van der Waals surface area contributed by atoms with Crippen molar-refractivity contribution in [2.45, 2.75) is 0 Å². The van der Waals surface area contributed by atoms with Gasteiger partial charge in [-0.25, -0.2) is 15.0 Å². The molecule has 0 radical (unpaired) electrons. The first kappa shape index (κ1) is 31.9. The normalized spacial score (nSPS) is 11.9. The van der Waals surface area contributed by atoms with Crippen LogP contribution >= 0.6 is 11.3 Å². The number of hydrogen-bond acceptors (Lipinski definition) is 5. The summed E-state index contributed by atoms with van der Waals surface area (Å²) >= 11 is 1.83. The summed E-state index contributed by atoms with van der Waals surface area (Å²) in [5, 5.41) is 7.04. The molecule has 0 amide bonds. The van der Waals surface area contributed by atoms with Crippen LogP contribution in [0.3, 0.4) is 0 Å². The smallest absolute Gasteiger partial charge is 0.164 e. The molecule has 4 heterocycles. The third-order valence-electron chi connectivity index (χ3n) is 11.1. The van der Waals surface area contributed by atoms with Crippen molar-refractivity contribution < 1.29 is 4.42 Å².